The van der Waals surface area contributed by atoms with E-state index in [0.717, 1.165) is 31.8 Å². The minimum atomic E-state index is 0.290. The highest BCUT2D eigenvalue weighted by Gasteiger charge is 2.21. The number of nitrogens with zero attached hydrogens (tertiary/aromatic N) is 1. The average Bonchev–Trinajstić information content (AvgIpc) is 2.97. The molecule has 1 heterocycles. The Bertz CT molecular complexity index is 699. The van der Waals surface area contributed by atoms with Crippen molar-refractivity contribution in [3.63, 3.8) is 0 Å². The summed E-state index contributed by atoms with van der Waals surface area (Å²) >= 11 is 0. The minimum Gasteiger partial charge on any atom is -0.497 e. The second-order valence-corrected chi connectivity index (χ2v) is 6.27. The molecule has 1 amide bonds. The van der Waals surface area contributed by atoms with Crippen LogP contribution in [0.5, 0.6) is 5.75 Å². The van der Waals surface area contributed by atoms with Crippen molar-refractivity contribution in [3.8, 4) is 5.75 Å². The van der Waals surface area contributed by atoms with Gasteiger partial charge < -0.3 is 15.0 Å². The molecule has 0 aromatic heterocycles. The molecule has 0 aliphatic carbocycles. The summed E-state index contributed by atoms with van der Waals surface area (Å²) in [7, 11) is 1.69. The fourth-order valence-corrected chi connectivity index (χ4v) is 3.09. The second kappa shape index (κ2) is 7.01. The topological polar surface area (TPSA) is 41.6 Å². The van der Waals surface area contributed by atoms with Crippen LogP contribution >= 0.6 is 0 Å². The zero-order valence-electron chi connectivity index (χ0n) is 13.8. The maximum Gasteiger partial charge on any atom is 0.222 e. The number of ether oxygens (including phenoxy) is 1. The molecule has 23 heavy (non-hydrogen) atoms. The van der Waals surface area contributed by atoms with Crippen molar-refractivity contribution in [2.45, 2.75) is 32.4 Å². The molecule has 1 atom stereocenters. The van der Waals surface area contributed by atoms with E-state index in [0.29, 0.717) is 18.4 Å². The van der Waals surface area contributed by atoms with E-state index >= 15 is 0 Å². The van der Waals surface area contributed by atoms with Gasteiger partial charge in [-0.2, -0.15) is 0 Å². The highest BCUT2D eigenvalue weighted by Crippen LogP contribution is 2.22. The molecule has 3 rings (SSSR count). The highest BCUT2D eigenvalue weighted by molar-refractivity contribution is 5.84. The Morgan fingerprint density at radius 1 is 1.22 bits per heavy atom. The number of fused-ring (bicyclic) bond motifs is 1. The molecule has 0 radical (unpaired) electrons. The molecule has 1 saturated heterocycles. The van der Waals surface area contributed by atoms with Crippen molar-refractivity contribution in [1.82, 2.24) is 10.2 Å². The molecule has 0 unspecified atom stereocenters. The molecule has 1 N–H and O–H groups in total. The summed E-state index contributed by atoms with van der Waals surface area (Å²) in [5.41, 5.74) is 1.25. The molecule has 1 aliphatic heterocycles. The Kier molecular flexibility index (Phi) is 4.82. The van der Waals surface area contributed by atoms with Crippen molar-refractivity contribution in [3.05, 3.63) is 42.0 Å². The summed E-state index contributed by atoms with van der Waals surface area (Å²) < 4.78 is 5.26. The maximum atomic E-state index is 11.7. The van der Waals surface area contributed by atoms with Crippen molar-refractivity contribution < 1.29 is 9.53 Å². The lowest BCUT2D eigenvalue weighted by molar-refractivity contribution is -0.127. The highest BCUT2D eigenvalue weighted by atomic mass is 16.5. The van der Waals surface area contributed by atoms with Crippen LogP contribution in [0.15, 0.2) is 36.4 Å². The number of rotatable bonds is 6. The van der Waals surface area contributed by atoms with Crippen molar-refractivity contribution >= 4 is 16.7 Å². The van der Waals surface area contributed by atoms with E-state index in [4.69, 9.17) is 4.74 Å². The van der Waals surface area contributed by atoms with Crippen LogP contribution in [0.4, 0.5) is 0 Å². The molecule has 4 heteroatoms. The largest absolute Gasteiger partial charge is 0.497 e. The van der Waals surface area contributed by atoms with Gasteiger partial charge in [0.15, 0.2) is 0 Å². The van der Waals surface area contributed by atoms with E-state index in [2.05, 4.69) is 36.5 Å². The van der Waals surface area contributed by atoms with E-state index in [-0.39, 0.29) is 0 Å². The summed E-state index contributed by atoms with van der Waals surface area (Å²) in [6, 6.07) is 12.9. The number of hydrogen-bond acceptors (Lipinski definition) is 3. The number of nitrogens with one attached hydrogen (secondary N) is 1. The number of carbonyl (C=O) groups is 1. The van der Waals surface area contributed by atoms with E-state index in [1.165, 1.54) is 16.3 Å². The predicted molar refractivity (Wildman–Crippen MR) is 92.6 cm³/mol. The van der Waals surface area contributed by atoms with Gasteiger partial charge in [-0.15, -0.1) is 0 Å². The Morgan fingerprint density at radius 3 is 2.74 bits per heavy atom. The molecule has 122 valence electrons. The van der Waals surface area contributed by atoms with Gasteiger partial charge in [-0.3, -0.25) is 4.79 Å². The molecular weight excluding hydrogens is 288 g/mol. The summed E-state index contributed by atoms with van der Waals surface area (Å²) in [6.45, 7) is 4.65. The summed E-state index contributed by atoms with van der Waals surface area (Å²) in [5, 5.41) is 5.91. The smallest absolute Gasteiger partial charge is 0.222 e. The molecular formula is C19H24N2O2. The van der Waals surface area contributed by atoms with Crippen LogP contribution in [0.1, 0.15) is 25.3 Å². The summed E-state index contributed by atoms with van der Waals surface area (Å²) in [6.07, 6.45) is 1.71. The number of methoxy groups -OCH3 is 1. The van der Waals surface area contributed by atoms with Gasteiger partial charge in [0.2, 0.25) is 5.91 Å². The van der Waals surface area contributed by atoms with Crippen LogP contribution in [-0.2, 0) is 11.3 Å². The SMILES string of the molecule is COc1ccc2cc(CN[C@@H](C)CN3CCCC3=O)ccc2c1. The molecule has 0 bridgehead atoms. The molecule has 0 spiro atoms. The van der Waals surface area contributed by atoms with Crippen LogP contribution in [0, 0.1) is 0 Å². The number of hydrogen-bond donors (Lipinski definition) is 1. The average molecular weight is 312 g/mol. The van der Waals surface area contributed by atoms with Crippen molar-refractivity contribution in [2.75, 3.05) is 20.2 Å². The van der Waals surface area contributed by atoms with E-state index in [1.54, 1.807) is 7.11 Å². The first kappa shape index (κ1) is 15.8. The summed E-state index contributed by atoms with van der Waals surface area (Å²) in [4.78, 5) is 13.6. The fourth-order valence-electron chi connectivity index (χ4n) is 3.09. The zero-order chi connectivity index (χ0) is 16.2. The Labute approximate surface area is 137 Å². The molecule has 2 aromatic rings. The van der Waals surface area contributed by atoms with Crippen LogP contribution in [0.3, 0.4) is 0 Å². The number of likely N-dealkylation sites (tertiary alicyclic amines) is 1. The second-order valence-electron chi connectivity index (χ2n) is 6.27. The lowest BCUT2D eigenvalue weighted by Crippen LogP contribution is -2.39. The first-order valence-electron chi connectivity index (χ1n) is 8.23. The van der Waals surface area contributed by atoms with Gasteiger partial charge in [-0.05, 0) is 47.9 Å². The molecule has 1 aliphatic rings. The van der Waals surface area contributed by atoms with E-state index in [1.807, 2.05) is 17.0 Å². The third-order valence-corrected chi connectivity index (χ3v) is 4.43. The van der Waals surface area contributed by atoms with Crippen LogP contribution in [0.25, 0.3) is 10.8 Å². The Morgan fingerprint density at radius 2 is 2.00 bits per heavy atom. The fraction of sp³-hybridized carbons (Fsp3) is 0.421. The van der Waals surface area contributed by atoms with Crippen LogP contribution in [-0.4, -0.2) is 37.0 Å². The zero-order valence-corrected chi connectivity index (χ0v) is 13.8. The first-order chi connectivity index (χ1) is 11.2. The molecule has 1 fully saturated rings. The van der Waals surface area contributed by atoms with Crippen LogP contribution < -0.4 is 10.1 Å². The maximum absolute atomic E-state index is 11.7. The third kappa shape index (κ3) is 3.82. The van der Waals surface area contributed by atoms with Crippen molar-refractivity contribution in [1.29, 1.82) is 0 Å². The Balaban J connectivity index is 1.59. The Hall–Kier alpha value is -2.07. The monoisotopic (exact) mass is 312 g/mol. The van der Waals surface area contributed by atoms with Crippen molar-refractivity contribution in [2.24, 2.45) is 0 Å². The third-order valence-electron chi connectivity index (χ3n) is 4.43. The number of amides is 1. The lowest BCUT2D eigenvalue weighted by Gasteiger charge is -2.21. The lowest BCUT2D eigenvalue weighted by atomic mass is 10.1. The van der Waals surface area contributed by atoms with Gasteiger partial charge in [0.25, 0.3) is 0 Å². The number of benzene rings is 2. The van der Waals surface area contributed by atoms with Gasteiger partial charge in [0.05, 0.1) is 7.11 Å². The molecule has 0 saturated carbocycles. The summed E-state index contributed by atoms with van der Waals surface area (Å²) in [5.74, 6) is 1.17. The number of carbonyl (C=O) groups excluding carboxylic acids is 1. The molecule has 4 nitrogen and oxygen atoms in total. The predicted octanol–water partition coefficient (Wildman–Crippen LogP) is 2.95. The minimum absolute atomic E-state index is 0.290. The van der Waals surface area contributed by atoms with E-state index < -0.39 is 0 Å². The van der Waals surface area contributed by atoms with Gasteiger partial charge >= 0.3 is 0 Å². The quantitative estimate of drug-likeness (QED) is 0.891. The van der Waals surface area contributed by atoms with Crippen LogP contribution in [0.2, 0.25) is 0 Å². The van der Waals surface area contributed by atoms with Gasteiger partial charge in [-0.25, -0.2) is 0 Å². The van der Waals surface area contributed by atoms with Gasteiger partial charge in [0.1, 0.15) is 5.75 Å². The normalized spacial score (nSPS) is 16.1. The first-order valence-corrected chi connectivity index (χ1v) is 8.23. The molecule has 2 aromatic carbocycles. The standard InChI is InChI=1S/C19H24N2O2/c1-14(13-21-9-3-4-19(21)22)20-12-15-5-6-17-11-18(23-2)8-7-16(17)10-15/h5-8,10-11,14,20H,3-4,9,12-13H2,1-2H3/t14-/m0/s1. The van der Waals surface area contributed by atoms with Gasteiger partial charge in [-0.1, -0.05) is 18.2 Å². The van der Waals surface area contributed by atoms with E-state index in [9.17, 15) is 4.79 Å². The van der Waals surface area contributed by atoms with Gasteiger partial charge in [0, 0.05) is 32.1 Å².